The molecule has 0 aliphatic rings. The molecule has 0 saturated carbocycles. The summed E-state index contributed by atoms with van der Waals surface area (Å²) in [6, 6.07) is 0. The van der Waals surface area contributed by atoms with Crippen LogP contribution in [0.1, 0.15) is 20.8 Å². The molecule has 1 amide bonds. The van der Waals surface area contributed by atoms with Crippen molar-refractivity contribution < 1.29 is 19.0 Å². The zero-order chi connectivity index (χ0) is 16.1. The number of nitrogens with one attached hydrogen (secondary N) is 1. The van der Waals surface area contributed by atoms with E-state index in [1.807, 2.05) is 27.8 Å². The van der Waals surface area contributed by atoms with Crippen LogP contribution in [0.3, 0.4) is 0 Å². The van der Waals surface area contributed by atoms with Gasteiger partial charge in [-0.25, -0.2) is 4.79 Å². The lowest BCUT2D eigenvalue weighted by Crippen LogP contribution is -2.34. The maximum atomic E-state index is 11.4. The van der Waals surface area contributed by atoms with Crippen LogP contribution < -0.4 is 11.1 Å². The lowest BCUT2D eigenvalue weighted by atomic mass is 10.2. The van der Waals surface area contributed by atoms with Gasteiger partial charge in [0, 0.05) is 26.2 Å². The van der Waals surface area contributed by atoms with Crippen molar-refractivity contribution in [1.29, 1.82) is 0 Å². The van der Waals surface area contributed by atoms with Crippen molar-refractivity contribution in [1.82, 2.24) is 10.2 Å². The van der Waals surface area contributed by atoms with Gasteiger partial charge in [0.25, 0.3) is 0 Å². The van der Waals surface area contributed by atoms with E-state index in [1.54, 1.807) is 0 Å². The number of likely N-dealkylation sites (N-methyl/N-ethyl adjacent to an activating group) is 1. The summed E-state index contributed by atoms with van der Waals surface area (Å²) in [6.45, 7) is 10.5. The summed E-state index contributed by atoms with van der Waals surface area (Å²) >= 11 is 0. The average Bonchev–Trinajstić information content (AvgIpc) is 2.36. The maximum Gasteiger partial charge on any atom is 0.407 e. The van der Waals surface area contributed by atoms with Crippen molar-refractivity contribution in [3.05, 3.63) is 0 Å². The van der Waals surface area contributed by atoms with Crippen molar-refractivity contribution in [2.75, 3.05) is 59.7 Å². The zero-order valence-electron chi connectivity index (χ0n) is 13.8. The first-order valence-corrected chi connectivity index (χ1v) is 7.36. The van der Waals surface area contributed by atoms with Gasteiger partial charge in [0.1, 0.15) is 5.60 Å². The van der Waals surface area contributed by atoms with Gasteiger partial charge in [-0.05, 0) is 27.8 Å². The zero-order valence-corrected chi connectivity index (χ0v) is 13.8. The molecule has 0 bridgehead atoms. The highest BCUT2D eigenvalue weighted by atomic mass is 16.6. The van der Waals surface area contributed by atoms with E-state index in [0.717, 1.165) is 13.1 Å². The molecule has 21 heavy (non-hydrogen) atoms. The molecule has 0 aromatic rings. The molecule has 7 heteroatoms. The van der Waals surface area contributed by atoms with Gasteiger partial charge in [-0.2, -0.15) is 0 Å². The number of hydrogen-bond acceptors (Lipinski definition) is 6. The Balaban J connectivity index is 3.37. The van der Waals surface area contributed by atoms with Crippen LogP contribution in [-0.4, -0.2) is 76.2 Å². The Labute approximate surface area is 128 Å². The van der Waals surface area contributed by atoms with Crippen LogP contribution in [0.15, 0.2) is 0 Å². The lowest BCUT2D eigenvalue weighted by molar-refractivity contribution is 0.0488. The first-order chi connectivity index (χ1) is 9.85. The summed E-state index contributed by atoms with van der Waals surface area (Å²) in [6.07, 6.45) is -0.416. The first-order valence-electron chi connectivity index (χ1n) is 7.36. The van der Waals surface area contributed by atoms with Gasteiger partial charge in [0.2, 0.25) is 0 Å². The molecular formula is C14H31N3O4. The van der Waals surface area contributed by atoms with Crippen LogP contribution in [0.2, 0.25) is 0 Å². The Morgan fingerprint density at radius 3 is 2.19 bits per heavy atom. The fourth-order valence-corrected chi connectivity index (χ4v) is 1.38. The SMILES string of the molecule is CN(CCOCCN)CCOCCNC(=O)OC(C)(C)C. The molecule has 126 valence electrons. The summed E-state index contributed by atoms with van der Waals surface area (Å²) in [5.41, 5.74) is 4.86. The van der Waals surface area contributed by atoms with Crippen molar-refractivity contribution in [2.24, 2.45) is 5.73 Å². The van der Waals surface area contributed by atoms with Crippen LogP contribution in [0, 0.1) is 0 Å². The highest BCUT2D eigenvalue weighted by Crippen LogP contribution is 2.05. The van der Waals surface area contributed by atoms with Crippen LogP contribution in [0.5, 0.6) is 0 Å². The highest BCUT2D eigenvalue weighted by molar-refractivity contribution is 5.67. The molecule has 0 atom stereocenters. The Morgan fingerprint density at radius 2 is 1.67 bits per heavy atom. The summed E-state index contributed by atoms with van der Waals surface area (Å²) in [5.74, 6) is 0. The largest absolute Gasteiger partial charge is 0.444 e. The second-order valence-electron chi connectivity index (χ2n) is 5.75. The Hall–Kier alpha value is -0.890. The van der Waals surface area contributed by atoms with E-state index in [4.69, 9.17) is 19.9 Å². The molecule has 0 aromatic carbocycles. The van der Waals surface area contributed by atoms with Gasteiger partial charge < -0.3 is 30.2 Å². The molecule has 7 nitrogen and oxygen atoms in total. The summed E-state index contributed by atoms with van der Waals surface area (Å²) in [4.78, 5) is 13.5. The van der Waals surface area contributed by atoms with Gasteiger partial charge in [0.15, 0.2) is 0 Å². The summed E-state index contributed by atoms with van der Waals surface area (Å²) < 4.78 is 15.8. The van der Waals surface area contributed by atoms with E-state index in [1.165, 1.54) is 0 Å². The minimum absolute atomic E-state index is 0.416. The fourth-order valence-electron chi connectivity index (χ4n) is 1.38. The normalized spacial score (nSPS) is 11.7. The maximum absolute atomic E-state index is 11.4. The van der Waals surface area contributed by atoms with Crippen LogP contribution in [0.4, 0.5) is 4.79 Å². The monoisotopic (exact) mass is 305 g/mol. The van der Waals surface area contributed by atoms with Crippen molar-refractivity contribution >= 4 is 6.09 Å². The number of carbonyl (C=O) groups excluding carboxylic acids is 1. The highest BCUT2D eigenvalue weighted by Gasteiger charge is 2.15. The van der Waals surface area contributed by atoms with Crippen LogP contribution in [0.25, 0.3) is 0 Å². The predicted octanol–water partition coefficient (Wildman–Crippen LogP) is 0.435. The molecular weight excluding hydrogens is 274 g/mol. The number of rotatable bonds is 11. The van der Waals surface area contributed by atoms with E-state index in [2.05, 4.69) is 10.2 Å². The van der Waals surface area contributed by atoms with Crippen LogP contribution in [-0.2, 0) is 14.2 Å². The Bertz CT molecular complexity index is 269. The van der Waals surface area contributed by atoms with E-state index in [0.29, 0.717) is 39.5 Å². The molecule has 3 N–H and O–H groups in total. The van der Waals surface area contributed by atoms with Crippen molar-refractivity contribution in [3.8, 4) is 0 Å². The van der Waals surface area contributed by atoms with Crippen molar-refractivity contribution in [3.63, 3.8) is 0 Å². The number of alkyl carbamates (subject to hydrolysis) is 1. The average molecular weight is 305 g/mol. The minimum atomic E-state index is -0.473. The molecule has 0 unspecified atom stereocenters. The third-order valence-corrected chi connectivity index (χ3v) is 2.41. The molecule has 0 heterocycles. The van der Waals surface area contributed by atoms with E-state index in [9.17, 15) is 4.79 Å². The smallest absolute Gasteiger partial charge is 0.407 e. The third-order valence-electron chi connectivity index (χ3n) is 2.41. The van der Waals surface area contributed by atoms with E-state index < -0.39 is 11.7 Å². The number of carbonyl (C=O) groups is 1. The van der Waals surface area contributed by atoms with Gasteiger partial charge >= 0.3 is 6.09 Å². The molecule has 0 fully saturated rings. The third kappa shape index (κ3) is 15.3. The van der Waals surface area contributed by atoms with Gasteiger partial charge in [-0.15, -0.1) is 0 Å². The number of ether oxygens (including phenoxy) is 3. The summed E-state index contributed by atoms with van der Waals surface area (Å²) in [5, 5.41) is 2.64. The summed E-state index contributed by atoms with van der Waals surface area (Å²) in [7, 11) is 2.01. The lowest BCUT2D eigenvalue weighted by Gasteiger charge is -2.19. The van der Waals surface area contributed by atoms with Gasteiger partial charge in [0.05, 0.1) is 26.4 Å². The molecule has 0 radical (unpaired) electrons. The second kappa shape index (κ2) is 11.7. The fraction of sp³-hybridized carbons (Fsp3) is 0.929. The molecule has 0 saturated heterocycles. The Morgan fingerprint density at radius 1 is 1.10 bits per heavy atom. The van der Waals surface area contributed by atoms with E-state index in [-0.39, 0.29) is 0 Å². The minimum Gasteiger partial charge on any atom is -0.444 e. The number of hydrogen-bond donors (Lipinski definition) is 2. The number of nitrogens with zero attached hydrogens (tertiary/aromatic N) is 1. The molecule has 0 rings (SSSR count). The Kier molecular flexibility index (Phi) is 11.2. The molecule has 0 aliphatic carbocycles. The van der Waals surface area contributed by atoms with Crippen molar-refractivity contribution in [2.45, 2.75) is 26.4 Å². The van der Waals surface area contributed by atoms with Gasteiger partial charge in [-0.1, -0.05) is 0 Å². The van der Waals surface area contributed by atoms with Crippen LogP contribution >= 0.6 is 0 Å². The molecule has 0 aliphatic heterocycles. The molecule has 0 aromatic heterocycles. The standard InChI is InChI=1S/C14H31N3O4/c1-14(2,3)21-13(18)16-6-10-20-12-8-17(4)7-11-19-9-5-15/h5-12,15H2,1-4H3,(H,16,18). The number of nitrogens with two attached hydrogens (primary N) is 1. The second-order valence-corrected chi connectivity index (χ2v) is 5.75. The topological polar surface area (TPSA) is 86.0 Å². The molecule has 0 spiro atoms. The number of amides is 1. The van der Waals surface area contributed by atoms with Gasteiger partial charge in [-0.3, -0.25) is 0 Å². The van der Waals surface area contributed by atoms with E-state index >= 15 is 0 Å². The quantitative estimate of drug-likeness (QED) is 0.539. The first kappa shape index (κ1) is 20.1. The predicted molar refractivity (Wildman–Crippen MR) is 82.4 cm³/mol.